The Labute approximate surface area is 87.9 Å². The van der Waals surface area contributed by atoms with E-state index in [1.807, 2.05) is 0 Å². The minimum absolute atomic E-state index is 0.719. The van der Waals surface area contributed by atoms with Crippen LogP contribution in [0, 0.1) is 0 Å². The Morgan fingerprint density at radius 2 is 2.21 bits per heavy atom. The van der Waals surface area contributed by atoms with Gasteiger partial charge in [0.05, 0.1) is 0 Å². The van der Waals surface area contributed by atoms with Crippen molar-refractivity contribution in [3.63, 3.8) is 0 Å². The fourth-order valence-electron chi connectivity index (χ4n) is 1.45. The van der Waals surface area contributed by atoms with E-state index in [4.69, 9.17) is 5.73 Å². The second kappa shape index (κ2) is 4.40. The molecular weight excluding hydrogens is 190 g/mol. The van der Waals surface area contributed by atoms with Crippen molar-refractivity contribution in [1.29, 1.82) is 0 Å². The Morgan fingerprint density at radius 1 is 1.29 bits per heavy atom. The predicted octanol–water partition coefficient (Wildman–Crippen LogP) is 3.26. The van der Waals surface area contributed by atoms with Crippen LogP contribution in [0.15, 0.2) is 35.7 Å². The summed E-state index contributed by atoms with van der Waals surface area (Å²) < 4.78 is 1.36. The van der Waals surface area contributed by atoms with Gasteiger partial charge in [-0.05, 0) is 35.4 Å². The SMILES string of the molecule is NCC/C=C/c1cccc2ccsc12. The smallest absolute Gasteiger partial charge is 0.0414 e. The van der Waals surface area contributed by atoms with E-state index in [0.717, 1.165) is 13.0 Å². The van der Waals surface area contributed by atoms with Crippen LogP contribution < -0.4 is 5.73 Å². The Hall–Kier alpha value is -1.12. The topological polar surface area (TPSA) is 26.0 Å². The first-order chi connectivity index (χ1) is 6.92. The molecule has 2 heteroatoms. The molecule has 14 heavy (non-hydrogen) atoms. The van der Waals surface area contributed by atoms with Crippen LogP contribution in [0.2, 0.25) is 0 Å². The van der Waals surface area contributed by atoms with E-state index >= 15 is 0 Å². The first kappa shape index (κ1) is 9.44. The number of benzene rings is 1. The van der Waals surface area contributed by atoms with Crippen molar-refractivity contribution in [2.75, 3.05) is 6.54 Å². The molecule has 0 saturated carbocycles. The monoisotopic (exact) mass is 203 g/mol. The van der Waals surface area contributed by atoms with E-state index in [0.29, 0.717) is 0 Å². The highest BCUT2D eigenvalue weighted by Gasteiger charge is 1.97. The minimum atomic E-state index is 0.719. The molecule has 0 aliphatic rings. The molecule has 0 radical (unpaired) electrons. The van der Waals surface area contributed by atoms with Crippen molar-refractivity contribution in [3.05, 3.63) is 41.3 Å². The van der Waals surface area contributed by atoms with Crippen molar-refractivity contribution in [3.8, 4) is 0 Å². The lowest BCUT2D eigenvalue weighted by Crippen LogP contribution is -1.94. The Bertz CT molecular complexity index is 442. The summed E-state index contributed by atoms with van der Waals surface area (Å²) in [5.74, 6) is 0. The van der Waals surface area contributed by atoms with Crippen LogP contribution in [0.3, 0.4) is 0 Å². The Morgan fingerprint density at radius 3 is 3.07 bits per heavy atom. The van der Waals surface area contributed by atoms with Crippen LogP contribution >= 0.6 is 11.3 Å². The van der Waals surface area contributed by atoms with Gasteiger partial charge in [-0.25, -0.2) is 0 Å². The molecule has 1 aromatic carbocycles. The van der Waals surface area contributed by atoms with Gasteiger partial charge >= 0.3 is 0 Å². The van der Waals surface area contributed by atoms with Crippen molar-refractivity contribution in [1.82, 2.24) is 0 Å². The maximum absolute atomic E-state index is 5.44. The van der Waals surface area contributed by atoms with Crippen LogP contribution in [0.5, 0.6) is 0 Å². The normalized spacial score (nSPS) is 11.5. The molecule has 0 amide bonds. The van der Waals surface area contributed by atoms with Crippen molar-refractivity contribution in [2.45, 2.75) is 6.42 Å². The number of hydrogen-bond donors (Lipinski definition) is 1. The van der Waals surface area contributed by atoms with Gasteiger partial charge < -0.3 is 5.73 Å². The fraction of sp³-hybridized carbons (Fsp3) is 0.167. The molecule has 2 N–H and O–H groups in total. The Kier molecular flexibility index (Phi) is 2.96. The number of fused-ring (bicyclic) bond motifs is 1. The predicted molar refractivity (Wildman–Crippen MR) is 64.5 cm³/mol. The number of nitrogens with two attached hydrogens (primary N) is 1. The molecule has 0 fully saturated rings. The third kappa shape index (κ3) is 1.86. The summed E-state index contributed by atoms with van der Waals surface area (Å²) in [4.78, 5) is 0. The van der Waals surface area contributed by atoms with Gasteiger partial charge in [0.2, 0.25) is 0 Å². The van der Waals surface area contributed by atoms with Gasteiger partial charge in [0.15, 0.2) is 0 Å². The largest absolute Gasteiger partial charge is 0.330 e. The fourth-order valence-corrected chi connectivity index (χ4v) is 2.35. The molecular formula is C12H13NS. The summed E-state index contributed by atoms with van der Waals surface area (Å²) in [6.07, 6.45) is 5.24. The molecule has 1 nitrogen and oxygen atoms in total. The molecule has 0 aliphatic heterocycles. The summed E-state index contributed by atoms with van der Waals surface area (Å²) in [7, 11) is 0. The summed E-state index contributed by atoms with van der Waals surface area (Å²) in [5, 5.41) is 3.45. The Balaban J connectivity index is 2.36. The maximum Gasteiger partial charge on any atom is 0.0414 e. The quantitative estimate of drug-likeness (QED) is 0.814. The van der Waals surface area contributed by atoms with Crippen molar-refractivity contribution >= 4 is 27.5 Å². The second-order valence-corrected chi connectivity index (χ2v) is 4.08. The first-order valence-electron chi connectivity index (χ1n) is 4.74. The van der Waals surface area contributed by atoms with Crippen LogP contribution in [0.25, 0.3) is 16.2 Å². The van der Waals surface area contributed by atoms with Crippen LogP contribution in [-0.4, -0.2) is 6.54 Å². The van der Waals surface area contributed by atoms with Gasteiger partial charge in [-0.3, -0.25) is 0 Å². The molecule has 1 heterocycles. The van der Waals surface area contributed by atoms with E-state index in [2.05, 4.69) is 41.8 Å². The van der Waals surface area contributed by atoms with Crippen LogP contribution in [-0.2, 0) is 0 Å². The second-order valence-electron chi connectivity index (χ2n) is 3.17. The summed E-state index contributed by atoms with van der Waals surface area (Å²) in [5.41, 5.74) is 6.73. The lowest BCUT2D eigenvalue weighted by molar-refractivity contribution is 1.01. The zero-order valence-corrected chi connectivity index (χ0v) is 8.76. The average molecular weight is 203 g/mol. The number of hydrogen-bond acceptors (Lipinski definition) is 2. The van der Waals surface area contributed by atoms with E-state index in [1.165, 1.54) is 15.6 Å². The third-order valence-electron chi connectivity index (χ3n) is 2.14. The maximum atomic E-state index is 5.44. The lowest BCUT2D eigenvalue weighted by Gasteiger charge is -1.95. The van der Waals surface area contributed by atoms with Crippen LogP contribution in [0.1, 0.15) is 12.0 Å². The van der Waals surface area contributed by atoms with Crippen molar-refractivity contribution < 1.29 is 0 Å². The van der Waals surface area contributed by atoms with E-state index < -0.39 is 0 Å². The van der Waals surface area contributed by atoms with Gasteiger partial charge in [0, 0.05) is 4.70 Å². The van der Waals surface area contributed by atoms with E-state index in [1.54, 1.807) is 11.3 Å². The molecule has 0 aliphatic carbocycles. The number of thiophene rings is 1. The number of rotatable bonds is 3. The third-order valence-corrected chi connectivity index (χ3v) is 3.12. The lowest BCUT2D eigenvalue weighted by atomic mass is 10.1. The molecule has 0 spiro atoms. The van der Waals surface area contributed by atoms with E-state index in [9.17, 15) is 0 Å². The average Bonchev–Trinajstić information content (AvgIpc) is 2.67. The molecule has 2 aromatic rings. The van der Waals surface area contributed by atoms with Crippen molar-refractivity contribution in [2.24, 2.45) is 5.73 Å². The van der Waals surface area contributed by atoms with Gasteiger partial charge in [-0.2, -0.15) is 0 Å². The van der Waals surface area contributed by atoms with Gasteiger partial charge in [-0.1, -0.05) is 30.4 Å². The van der Waals surface area contributed by atoms with Gasteiger partial charge in [0.25, 0.3) is 0 Å². The van der Waals surface area contributed by atoms with E-state index in [-0.39, 0.29) is 0 Å². The molecule has 0 saturated heterocycles. The first-order valence-corrected chi connectivity index (χ1v) is 5.62. The highest BCUT2D eigenvalue weighted by Crippen LogP contribution is 2.25. The molecule has 2 rings (SSSR count). The molecule has 1 aromatic heterocycles. The molecule has 72 valence electrons. The zero-order valence-electron chi connectivity index (χ0n) is 7.94. The van der Waals surface area contributed by atoms with Crippen LogP contribution in [0.4, 0.5) is 0 Å². The highest BCUT2D eigenvalue weighted by atomic mass is 32.1. The van der Waals surface area contributed by atoms with Gasteiger partial charge in [-0.15, -0.1) is 11.3 Å². The highest BCUT2D eigenvalue weighted by molar-refractivity contribution is 7.17. The molecule has 0 unspecified atom stereocenters. The van der Waals surface area contributed by atoms with Gasteiger partial charge in [0.1, 0.15) is 0 Å². The molecule has 0 bridgehead atoms. The summed E-state index contributed by atoms with van der Waals surface area (Å²) in [6, 6.07) is 8.54. The minimum Gasteiger partial charge on any atom is -0.330 e. The standard InChI is InChI=1S/C12H13NS/c13-8-2-1-4-10-5-3-6-11-7-9-14-12(10)11/h1,3-7,9H,2,8,13H2/b4-1+. The zero-order chi connectivity index (χ0) is 9.80. The summed E-state index contributed by atoms with van der Waals surface area (Å²) >= 11 is 1.79. The summed E-state index contributed by atoms with van der Waals surface area (Å²) in [6.45, 7) is 0.719. The molecule has 0 atom stereocenters.